The van der Waals surface area contributed by atoms with Gasteiger partial charge in [0.15, 0.2) is 0 Å². The molecule has 3 fully saturated rings. The van der Waals surface area contributed by atoms with Crippen LogP contribution in [0, 0.1) is 11.7 Å². The highest BCUT2D eigenvalue weighted by Gasteiger charge is 2.43. The summed E-state index contributed by atoms with van der Waals surface area (Å²) in [5, 5.41) is 0. The van der Waals surface area contributed by atoms with E-state index < -0.39 is 11.9 Å². The summed E-state index contributed by atoms with van der Waals surface area (Å²) in [5.74, 6) is 0.00420. The summed E-state index contributed by atoms with van der Waals surface area (Å²) in [7, 11) is 0. The number of hydrogen-bond acceptors (Lipinski definition) is 4. The maximum absolute atomic E-state index is 13.1. The Hall–Kier alpha value is -2.28. The first kappa shape index (κ1) is 19.1. The van der Waals surface area contributed by atoms with Gasteiger partial charge in [0, 0.05) is 19.5 Å². The maximum atomic E-state index is 13.1. The first-order valence-corrected chi connectivity index (χ1v) is 10.2. The van der Waals surface area contributed by atoms with E-state index in [1.165, 1.54) is 29.2 Å². The number of halogens is 1. The highest BCUT2D eigenvalue weighted by Crippen LogP contribution is 2.29. The molecular weight excluding hydrogens is 361 g/mol. The number of anilines is 1. The normalized spacial score (nSPS) is 24.6. The van der Waals surface area contributed by atoms with Gasteiger partial charge in [-0.15, -0.1) is 0 Å². The van der Waals surface area contributed by atoms with Crippen LogP contribution >= 0.6 is 0 Å². The second-order valence-corrected chi connectivity index (χ2v) is 8.02. The zero-order valence-electron chi connectivity index (χ0n) is 16.0. The van der Waals surface area contributed by atoms with Crippen LogP contribution in [0.3, 0.4) is 0 Å². The molecule has 0 bridgehead atoms. The fourth-order valence-corrected chi connectivity index (χ4v) is 4.59. The topological polar surface area (TPSA) is 60.9 Å². The Labute approximate surface area is 164 Å². The van der Waals surface area contributed by atoms with Crippen molar-refractivity contribution in [2.24, 2.45) is 5.92 Å². The van der Waals surface area contributed by atoms with Crippen molar-refractivity contribution in [3.8, 4) is 0 Å². The average Bonchev–Trinajstić information content (AvgIpc) is 3.24. The van der Waals surface area contributed by atoms with Crippen molar-refractivity contribution < 1.29 is 18.8 Å². The van der Waals surface area contributed by atoms with Gasteiger partial charge in [0.25, 0.3) is 5.91 Å². The van der Waals surface area contributed by atoms with E-state index in [2.05, 4.69) is 4.90 Å². The number of carbonyl (C=O) groups excluding carboxylic acids is 3. The predicted molar refractivity (Wildman–Crippen MR) is 102 cm³/mol. The minimum Gasteiger partial charge on any atom is -0.343 e. The van der Waals surface area contributed by atoms with Crippen molar-refractivity contribution >= 4 is 23.4 Å². The van der Waals surface area contributed by atoms with Crippen LogP contribution < -0.4 is 4.90 Å². The number of imide groups is 1. The highest BCUT2D eigenvalue weighted by atomic mass is 19.1. The summed E-state index contributed by atoms with van der Waals surface area (Å²) in [6.45, 7) is 3.30. The summed E-state index contributed by atoms with van der Waals surface area (Å²) in [4.78, 5) is 42.3. The molecular formula is C21H26FN3O3. The molecule has 1 atom stereocenters. The molecule has 28 heavy (non-hydrogen) atoms. The lowest BCUT2D eigenvalue weighted by Gasteiger charge is -2.35. The lowest BCUT2D eigenvalue weighted by atomic mass is 9.92. The standard InChI is InChI=1S/C21H26FN3O3/c22-16-3-5-17(6-4-16)25-20(27)14-18(21(25)28)23-11-7-15(8-12-23)9-13-24-10-1-2-19(24)26/h3-6,15,18H,1-2,7-14H2. The van der Waals surface area contributed by atoms with E-state index in [0.29, 0.717) is 18.0 Å². The molecule has 4 rings (SSSR count). The molecule has 0 N–H and O–H groups in total. The Morgan fingerprint density at radius 3 is 2.32 bits per heavy atom. The summed E-state index contributed by atoms with van der Waals surface area (Å²) >= 11 is 0. The number of amides is 3. The number of carbonyl (C=O) groups is 3. The van der Waals surface area contributed by atoms with Crippen LogP contribution in [0.4, 0.5) is 10.1 Å². The summed E-state index contributed by atoms with van der Waals surface area (Å²) in [5.41, 5.74) is 0.434. The summed E-state index contributed by atoms with van der Waals surface area (Å²) in [6, 6.07) is 5.05. The number of nitrogens with zero attached hydrogens (tertiary/aromatic N) is 3. The monoisotopic (exact) mass is 387 g/mol. The maximum Gasteiger partial charge on any atom is 0.251 e. The molecule has 3 amide bonds. The fraction of sp³-hybridized carbons (Fsp3) is 0.571. The number of benzene rings is 1. The molecule has 3 aliphatic rings. The van der Waals surface area contributed by atoms with Crippen LogP contribution in [0.5, 0.6) is 0 Å². The van der Waals surface area contributed by atoms with Crippen LogP contribution in [-0.2, 0) is 14.4 Å². The molecule has 3 aliphatic heterocycles. The molecule has 0 spiro atoms. The first-order valence-electron chi connectivity index (χ1n) is 10.2. The largest absolute Gasteiger partial charge is 0.343 e. The third-order valence-electron chi connectivity index (χ3n) is 6.28. The van der Waals surface area contributed by atoms with Crippen molar-refractivity contribution in [3.05, 3.63) is 30.1 Å². The minimum atomic E-state index is -0.418. The predicted octanol–water partition coefficient (Wildman–Crippen LogP) is 2.18. The molecule has 150 valence electrons. The number of piperidine rings is 1. The van der Waals surface area contributed by atoms with E-state index in [0.717, 1.165) is 51.9 Å². The second kappa shape index (κ2) is 7.99. The lowest BCUT2D eigenvalue weighted by molar-refractivity contribution is -0.128. The second-order valence-electron chi connectivity index (χ2n) is 8.02. The molecule has 1 aromatic carbocycles. The zero-order chi connectivity index (χ0) is 19.7. The van der Waals surface area contributed by atoms with Crippen molar-refractivity contribution in [2.75, 3.05) is 31.1 Å². The molecule has 3 heterocycles. The number of rotatable bonds is 5. The van der Waals surface area contributed by atoms with Gasteiger partial charge >= 0.3 is 0 Å². The Morgan fingerprint density at radius 2 is 1.68 bits per heavy atom. The van der Waals surface area contributed by atoms with Gasteiger partial charge in [-0.25, -0.2) is 9.29 Å². The van der Waals surface area contributed by atoms with E-state index in [-0.39, 0.29) is 24.1 Å². The van der Waals surface area contributed by atoms with E-state index in [1.807, 2.05) is 4.90 Å². The van der Waals surface area contributed by atoms with Crippen LogP contribution in [0.1, 0.15) is 38.5 Å². The van der Waals surface area contributed by atoms with E-state index >= 15 is 0 Å². The molecule has 0 saturated carbocycles. The van der Waals surface area contributed by atoms with Gasteiger partial charge < -0.3 is 4.90 Å². The molecule has 0 aromatic heterocycles. The van der Waals surface area contributed by atoms with Crippen LogP contribution in [0.25, 0.3) is 0 Å². The Kier molecular flexibility index (Phi) is 5.44. The van der Waals surface area contributed by atoms with Crippen LogP contribution in [0.2, 0.25) is 0 Å². The third-order valence-corrected chi connectivity index (χ3v) is 6.28. The number of hydrogen-bond donors (Lipinski definition) is 0. The van der Waals surface area contributed by atoms with Crippen LogP contribution in [-0.4, -0.2) is 59.7 Å². The fourth-order valence-electron chi connectivity index (χ4n) is 4.59. The zero-order valence-corrected chi connectivity index (χ0v) is 16.0. The highest BCUT2D eigenvalue weighted by molar-refractivity contribution is 6.22. The molecule has 0 radical (unpaired) electrons. The minimum absolute atomic E-state index is 0.184. The summed E-state index contributed by atoms with van der Waals surface area (Å²) in [6.07, 6.45) is 4.82. The van der Waals surface area contributed by atoms with E-state index in [4.69, 9.17) is 0 Å². The molecule has 6 nitrogen and oxygen atoms in total. The molecule has 7 heteroatoms. The van der Waals surface area contributed by atoms with Gasteiger partial charge in [0.1, 0.15) is 5.82 Å². The van der Waals surface area contributed by atoms with Crippen molar-refractivity contribution in [1.29, 1.82) is 0 Å². The average molecular weight is 387 g/mol. The Bertz CT molecular complexity index is 759. The Balaban J connectivity index is 1.31. The molecule has 0 aliphatic carbocycles. The van der Waals surface area contributed by atoms with Crippen LogP contribution in [0.15, 0.2) is 24.3 Å². The number of likely N-dealkylation sites (tertiary alicyclic amines) is 2. The van der Waals surface area contributed by atoms with Crippen molar-refractivity contribution in [1.82, 2.24) is 9.80 Å². The molecule has 1 aromatic rings. The quantitative estimate of drug-likeness (QED) is 0.727. The first-order chi connectivity index (χ1) is 13.5. The molecule has 3 saturated heterocycles. The Morgan fingerprint density at radius 1 is 0.964 bits per heavy atom. The van der Waals surface area contributed by atoms with Gasteiger partial charge in [-0.05, 0) is 69.0 Å². The van der Waals surface area contributed by atoms with Crippen molar-refractivity contribution in [2.45, 2.75) is 44.6 Å². The van der Waals surface area contributed by atoms with Gasteiger partial charge in [-0.1, -0.05) is 0 Å². The SMILES string of the molecule is O=C1CCCN1CCC1CCN(C2CC(=O)N(c3ccc(F)cc3)C2=O)CC1. The van der Waals surface area contributed by atoms with Gasteiger partial charge in [0.05, 0.1) is 18.2 Å². The van der Waals surface area contributed by atoms with Gasteiger partial charge in [-0.3, -0.25) is 19.3 Å². The van der Waals surface area contributed by atoms with E-state index in [9.17, 15) is 18.8 Å². The van der Waals surface area contributed by atoms with Gasteiger partial charge in [-0.2, -0.15) is 0 Å². The lowest BCUT2D eigenvalue weighted by Crippen LogP contribution is -2.46. The van der Waals surface area contributed by atoms with E-state index in [1.54, 1.807) is 0 Å². The van der Waals surface area contributed by atoms with Crippen molar-refractivity contribution in [3.63, 3.8) is 0 Å². The molecule has 1 unspecified atom stereocenters. The third kappa shape index (κ3) is 3.81. The summed E-state index contributed by atoms with van der Waals surface area (Å²) < 4.78 is 13.1. The van der Waals surface area contributed by atoms with Gasteiger partial charge in [0.2, 0.25) is 11.8 Å². The smallest absolute Gasteiger partial charge is 0.251 e.